The van der Waals surface area contributed by atoms with Crippen molar-refractivity contribution < 1.29 is 24.2 Å². The van der Waals surface area contributed by atoms with Gasteiger partial charge in [-0.3, -0.25) is 19.5 Å². The van der Waals surface area contributed by atoms with E-state index >= 15 is 0 Å². The van der Waals surface area contributed by atoms with E-state index in [1.54, 1.807) is 30.9 Å². The number of ether oxygens (including phenoxy) is 1. The smallest absolute Gasteiger partial charge is 0.328 e. The zero-order chi connectivity index (χ0) is 32.4. The maximum Gasteiger partial charge on any atom is 0.328 e. The van der Waals surface area contributed by atoms with Crippen LogP contribution in [0.25, 0.3) is 0 Å². The summed E-state index contributed by atoms with van der Waals surface area (Å²) in [6, 6.07) is 32.8. The second-order valence-corrected chi connectivity index (χ2v) is 10.8. The summed E-state index contributed by atoms with van der Waals surface area (Å²) >= 11 is 0. The molecule has 2 N–H and O–H groups in total. The molecule has 0 radical (unpaired) electrons. The highest BCUT2D eigenvalue weighted by Gasteiger charge is 2.38. The number of carbonyl (C=O) groups is 3. The highest BCUT2D eigenvalue weighted by molar-refractivity contribution is 5.86. The number of carbonyl (C=O) groups excluding carboxylic acids is 2. The monoisotopic (exact) mass is 617 g/mol. The number of carboxylic acids is 1. The fourth-order valence-corrected chi connectivity index (χ4v) is 5.73. The molecule has 1 atom stereocenters. The van der Waals surface area contributed by atoms with Crippen LogP contribution in [0.1, 0.15) is 27.9 Å². The highest BCUT2D eigenvalue weighted by atomic mass is 16.5. The highest BCUT2D eigenvalue weighted by Crippen LogP contribution is 2.40. The van der Waals surface area contributed by atoms with Crippen molar-refractivity contribution in [3.63, 3.8) is 0 Å². The number of hydrogen-bond donors (Lipinski definition) is 2. The number of aliphatic carboxylic acids is 1. The van der Waals surface area contributed by atoms with E-state index in [-0.39, 0.29) is 26.1 Å². The van der Waals surface area contributed by atoms with E-state index in [0.717, 1.165) is 22.3 Å². The van der Waals surface area contributed by atoms with E-state index < -0.39 is 29.4 Å². The molecule has 234 valence electrons. The van der Waals surface area contributed by atoms with Crippen molar-refractivity contribution in [3.8, 4) is 0 Å². The largest absolute Gasteiger partial charge is 0.480 e. The third-order valence-corrected chi connectivity index (χ3v) is 7.71. The zero-order valence-corrected chi connectivity index (χ0v) is 25.4. The number of esters is 1. The van der Waals surface area contributed by atoms with Gasteiger partial charge < -0.3 is 19.7 Å². The zero-order valence-electron chi connectivity index (χ0n) is 25.4. The van der Waals surface area contributed by atoms with Crippen molar-refractivity contribution in [2.45, 2.75) is 24.5 Å². The number of amides is 1. The number of imidazole rings is 1. The van der Waals surface area contributed by atoms with Crippen molar-refractivity contribution in [1.29, 1.82) is 0 Å². The fourth-order valence-electron chi connectivity index (χ4n) is 5.73. The first-order chi connectivity index (χ1) is 22.4. The minimum Gasteiger partial charge on any atom is -0.480 e. The lowest BCUT2D eigenvalue weighted by molar-refractivity contribution is -0.145. The first-order valence-corrected chi connectivity index (χ1v) is 14.8. The molecule has 5 aromatic rings. The van der Waals surface area contributed by atoms with E-state index in [1.807, 2.05) is 65.4 Å². The van der Waals surface area contributed by atoms with E-state index in [1.165, 1.54) is 12.0 Å². The first kappa shape index (κ1) is 31.8. The van der Waals surface area contributed by atoms with Crippen molar-refractivity contribution in [2.24, 2.45) is 0 Å². The van der Waals surface area contributed by atoms with Crippen molar-refractivity contribution in [3.05, 3.63) is 156 Å². The van der Waals surface area contributed by atoms with Crippen LogP contribution in [0.4, 0.5) is 0 Å². The van der Waals surface area contributed by atoms with Gasteiger partial charge in [0, 0.05) is 31.6 Å². The number of pyridine rings is 1. The Morgan fingerprint density at radius 2 is 1.39 bits per heavy atom. The third kappa shape index (κ3) is 7.36. The van der Waals surface area contributed by atoms with Crippen LogP contribution < -0.4 is 5.32 Å². The molecule has 0 spiro atoms. The van der Waals surface area contributed by atoms with Gasteiger partial charge in [-0.2, -0.15) is 0 Å². The molecule has 1 amide bonds. The standard InChI is InChI=1S/C36H35N5O5/c1-46-35(45)32(39-33(42)24-40(25-34(43)44)22-27-17-19-37-20-18-27)21-31-23-41(26-38-31)36(28-11-5-2-6-12-28,29-13-7-3-8-14-29)30-15-9-4-10-16-30/h2-20,23,26,32H,21-22,24-25H2,1H3,(H,39,42)(H,43,44). The summed E-state index contributed by atoms with van der Waals surface area (Å²) in [5.74, 6) is -2.23. The van der Waals surface area contributed by atoms with Gasteiger partial charge in [-0.25, -0.2) is 9.78 Å². The molecule has 2 aromatic heterocycles. The molecule has 1 unspecified atom stereocenters. The van der Waals surface area contributed by atoms with Crippen LogP contribution in [0.2, 0.25) is 0 Å². The van der Waals surface area contributed by atoms with E-state index in [2.05, 4.69) is 51.7 Å². The predicted octanol–water partition coefficient (Wildman–Crippen LogP) is 3.91. The second kappa shape index (κ2) is 14.9. The summed E-state index contributed by atoms with van der Waals surface area (Å²) in [5.41, 5.74) is 3.62. The molecule has 0 aliphatic carbocycles. The third-order valence-electron chi connectivity index (χ3n) is 7.71. The summed E-state index contributed by atoms with van der Waals surface area (Å²) in [5, 5.41) is 12.2. The second-order valence-electron chi connectivity index (χ2n) is 10.8. The van der Waals surface area contributed by atoms with Gasteiger partial charge in [0.05, 0.1) is 32.2 Å². The molecule has 0 bridgehead atoms. The van der Waals surface area contributed by atoms with E-state index in [9.17, 15) is 19.5 Å². The number of carboxylic acid groups (broad SMARTS) is 1. The summed E-state index contributed by atoms with van der Waals surface area (Å²) in [7, 11) is 1.26. The van der Waals surface area contributed by atoms with Gasteiger partial charge in [0.1, 0.15) is 11.6 Å². The average Bonchev–Trinajstić information content (AvgIpc) is 3.54. The molecule has 10 heteroatoms. The maximum atomic E-state index is 13.2. The van der Waals surface area contributed by atoms with Crippen LogP contribution in [-0.4, -0.2) is 68.6 Å². The Labute approximate surface area is 267 Å². The summed E-state index contributed by atoms with van der Waals surface area (Å²) in [6.45, 7) is -0.380. The summed E-state index contributed by atoms with van der Waals surface area (Å²) in [6.07, 6.45) is 6.88. The van der Waals surface area contributed by atoms with Crippen molar-refractivity contribution in [2.75, 3.05) is 20.2 Å². The van der Waals surface area contributed by atoms with Gasteiger partial charge in [0.2, 0.25) is 5.91 Å². The Morgan fingerprint density at radius 1 is 0.848 bits per heavy atom. The van der Waals surface area contributed by atoms with Gasteiger partial charge in [0.15, 0.2) is 0 Å². The number of methoxy groups -OCH3 is 1. The first-order valence-electron chi connectivity index (χ1n) is 14.8. The fraction of sp³-hybridized carbons (Fsp3) is 0.194. The maximum absolute atomic E-state index is 13.2. The predicted molar refractivity (Wildman–Crippen MR) is 172 cm³/mol. The van der Waals surface area contributed by atoms with Crippen LogP contribution >= 0.6 is 0 Å². The molecule has 2 heterocycles. The van der Waals surface area contributed by atoms with E-state index in [4.69, 9.17) is 4.74 Å². The minimum atomic E-state index is -1.07. The normalized spacial score (nSPS) is 12.0. The minimum absolute atomic E-state index is 0.0587. The van der Waals surface area contributed by atoms with Crippen LogP contribution in [0.5, 0.6) is 0 Å². The number of rotatable bonds is 14. The number of benzene rings is 3. The van der Waals surface area contributed by atoms with Gasteiger partial charge in [0.25, 0.3) is 0 Å². The van der Waals surface area contributed by atoms with Crippen LogP contribution in [0.15, 0.2) is 128 Å². The van der Waals surface area contributed by atoms with Gasteiger partial charge in [-0.1, -0.05) is 91.0 Å². The summed E-state index contributed by atoms with van der Waals surface area (Å²) < 4.78 is 7.06. The number of nitrogens with zero attached hydrogens (tertiary/aromatic N) is 4. The molecule has 0 saturated carbocycles. The van der Waals surface area contributed by atoms with Gasteiger partial charge >= 0.3 is 11.9 Å². The molecule has 46 heavy (non-hydrogen) atoms. The van der Waals surface area contributed by atoms with Crippen LogP contribution in [0.3, 0.4) is 0 Å². The van der Waals surface area contributed by atoms with Gasteiger partial charge in [-0.15, -0.1) is 0 Å². The molecular weight excluding hydrogens is 582 g/mol. The Bertz CT molecular complexity index is 1630. The lowest BCUT2D eigenvalue weighted by Gasteiger charge is -2.37. The molecule has 0 fully saturated rings. The Hall–Kier alpha value is -5.61. The van der Waals surface area contributed by atoms with Crippen LogP contribution in [-0.2, 0) is 37.6 Å². The molecule has 5 rings (SSSR count). The van der Waals surface area contributed by atoms with Crippen molar-refractivity contribution in [1.82, 2.24) is 24.8 Å². The Balaban J connectivity index is 1.44. The number of hydrogen-bond acceptors (Lipinski definition) is 7. The quantitative estimate of drug-likeness (QED) is 0.142. The van der Waals surface area contributed by atoms with Crippen molar-refractivity contribution >= 4 is 17.8 Å². The molecule has 3 aromatic carbocycles. The Morgan fingerprint density at radius 3 is 1.89 bits per heavy atom. The molecule has 10 nitrogen and oxygen atoms in total. The molecule has 0 aliphatic rings. The number of aromatic nitrogens is 3. The lowest BCUT2D eigenvalue weighted by atomic mass is 9.77. The SMILES string of the molecule is COC(=O)C(Cc1cn(C(c2ccccc2)(c2ccccc2)c2ccccc2)cn1)NC(=O)CN(CC(=O)O)Cc1ccncc1. The lowest BCUT2D eigenvalue weighted by Crippen LogP contribution is -2.47. The Kier molecular flexibility index (Phi) is 10.3. The molecule has 0 aliphatic heterocycles. The van der Waals surface area contributed by atoms with Gasteiger partial charge in [-0.05, 0) is 34.4 Å². The average molecular weight is 618 g/mol. The summed E-state index contributed by atoms with van der Waals surface area (Å²) in [4.78, 5) is 47.7. The van der Waals surface area contributed by atoms with Crippen LogP contribution in [0, 0.1) is 0 Å². The molecule has 0 saturated heterocycles. The molecular formula is C36H35N5O5. The topological polar surface area (TPSA) is 127 Å². The van der Waals surface area contributed by atoms with E-state index in [0.29, 0.717) is 5.69 Å². The number of nitrogens with one attached hydrogen (secondary N) is 1.